The van der Waals surface area contributed by atoms with E-state index >= 15 is 0 Å². The predicted molar refractivity (Wildman–Crippen MR) is 112 cm³/mol. The summed E-state index contributed by atoms with van der Waals surface area (Å²) in [7, 11) is 0. The summed E-state index contributed by atoms with van der Waals surface area (Å²) in [4.78, 5) is 0. The van der Waals surface area contributed by atoms with Crippen molar-refractivity contribution in [2.75, 3.05) is 6.54 Å². The molecular weight excluding hydrogens is 309 g/mol. The van der Waals surface area contributed by atoms with E-state index < -0.39 is 0 Å². The van der Waals surface area contributed by atoms with Crippen LogP contribution in [0.5, 0.6) is 0 Å². The smallest absolute Gasteiger partial charge is 0.126 e. The molecule has 146 valence electrons. The molecule has 0 spiro atoms. The summed E-state index contributed by atoms with van der Waals surface area (Å²) in [5, 5.41) is 0. The molecule has 25 heavy (non-hydrogen) atoms. The zero-order chi connectivity index (χ0) is 20.0. The van der Waals surface area contributed by atoms with Crippen LogP contribution >= 0.6 is 0 Å². The number of halogens is 1. The summed E-state index contributed by atoms with van der Waals surface area (Å²) in [5.74, 6) is 1.37. The molecule has 0 heterocycles. The van der Waals surface area contributed by atoms with Crippen LogP contribution in [0.2, 0.25) is 0 Å². The van der Waals surface area contributed by atoms with Crippen molar-refractivity contribution in [3.8, 4) is 0 Å². The summed E-state index contributed by atoms with van der Waals surface area (Å²) in [6.45, 7) is 21.3. The molecule has 2 heteroatoms. The van der Waals surface area contributed by atoms with Crippen molar-refractivity contribution in [3.05, 3.63) is 47.8 Å². The van der Waals surface area contributed by atoms with Gasteiger partial charge in [-0.2, -0.15) is 0 Å². The average molecular weight is 352 g/mol. The van der Waals surface area contributed by atoms with E-state index in [-0.39, 0.29) is 5.82 Å². The third-order valence-corrected chi connectivity index (χ3v) is 5.32. The predicted octanol–water partition coefficient (Wildman–Crippen LogP) is 6.93. The molecule has 0 aliphatic heterocycles. The number of benzene rings is 1. The van der Waals surface area contributed by atoms with Gasteiger partial charge in [-0.3, -0.25) is 0 Å². The first-order chi connectivity index (χ1) is 11.7. The SMILES string of the molecule is C=CC.CCC(CC)C(C)(CN)C(C)C.CCc1ccc(C)c(F)c1. The number of allylic oxidation sites excluding steroid dienone is 1. The lowest BCUT2D eigenvalue weighted by Crippen LogP contribution is -2.39. The highest BCUT2D eigenvalue weighted by Crippen LogP contribution is 2.38. The average Bonchev–Trinajstić information content (AvgIpc) is 2.59. The van der Waals surface area contributed by atoms with E-state index in [1.165, 1.54) is 12.8 Å². The van der Waals surface area contributed by atoms with Gasteiger partial charge in [0.2, 0.25) is 0 Å². The minimum absolute atomic E-state index is 0.0978. The molecule has 0 saturated carbocycles. The Hall–Kier alpha value is -1.15. The van der Waals surface area contributed by atoms with E-state index in [9.17, 15) is 4.39 Å². The van der Waals surface area contributed by atoms with Crippen LogP contribution in [-0.4, -0.2) is 6.54 Å². The van der Waals surface area contributed by atoms with Crippen molar-refractivity contribution in [2.45, 2.75) is 74.7 Å². The molecule has 0 aromatic heterocycles. The molecule has 0 amide bonds. The fraction of sp³-hybridized carbons (Fsp3) is 0.652. The third kappa shape index (κ3) is 9.21. The van der Waals surface area contributed by atoms with Gasteiger partial charge in [-0.1, -0.05) is 72.6 Å². The van der Waals surface area contributed by atoms with Crippen molar-refractivity contribution in [3.63, 3.8) is 0 Å². The molecule has 0 bridgehead atoms. The molecule has 1 aromatic rings. The Balaban J connectivity index is 0. The molecule has 0 aliphatic rings. The van der Waals surface area contributed by atoms with Gasteiger partial charge in [0, 0.05) is 0 Å². The van der Waals surface area contributed by atoms with E-state index in [2.05, 4.69) is 41.2 Å². The quantitative estimate of drug-likeness (QED) is 0.552. The Kier molecular flexibility index (Phi) is 14.7. The highest BCUT2D eigenvalue weighted by atomic mass is 19.1. The van der Waals surface area contributed by atoms with Crippen LogP contribution in [0.3, 0.4) is 0 Å². The summed E-state index contributed by atoms with van der Waals surface area (Å²) in [5.41, 5.74) is 7.97. The largest absolute Gasteiger partial charge is 0.330 e. The Morgan fingerprint density at radius 2 is 1.68 bits per heavy atom. The minimum atomic E-state index is -0.0978. The van der Waals surface area contributed by atoms with Gasteiger partial charge in [0.15, 0.2) is 0 Å². The summed E-state index contributed by atoms with van der Waals surface area (Å²) in [6, 6.07) is 5.36. The van der Waals surface area contributed by atoms with Gasteiger partial charge in [-0.15, -0.1) is 6.58 Å². The molecule has 2 N–H and O–H groups in total. The molecule has 1 aromatic carbocycles. The molecular formula is C23H42FN. The standard InChI is InChI=1S/C11H25N.C9H11F.C3H6/c1-6-10(7-2)11(5,8-12)9(3)4;1-3-8-5-4-7(2)9(10)6-8;1-3-2/h9-10H,6-8,12H2,1-5H3;4-6H,3H2,1-2H3;3H,1H2,2H3. The van der Waals surface area contributed by atoms with Crippen LogP contribution in [0, 0.1) is 30.0 Å². The Labute approximate surface area is 156 Å². The highest BCUT2D eigenvalue weighted by molar-refractivity contribution is 5.22. The molecule has 0 saturated heterocycles. The maximum atomic E-state index is 12.8. The van der Waals surface area contributed by atoms with Crippen LogP contribution in [0.15, 0.2) is 30.9 Å². The van der Waals surface area contributed by atoms with Crippen LogP contribution in [0.25, 0.3) is 0 Å². The molecule has 0 radical (unpaired) electrons. The third-order valence-electron chi connectivity index (χ3n) is 5.32. The fourth-order valence-electron chi connectivity index (χ4n) is 2.95. The molecule has 1 rings (SSSR count). The van der Waals surface area contributed by atoms with Gasteiger partial charge in [-0.05, 0) is 61.3 Å². The second-order valence-electron chi connectivity index (χ2n) is 7.22. The van der Waals surface area contributed by atoms with E-state index in [1.54, 1.807) is 19.1 Å². The number of hydrogen-bond donors (Lipinski definition) is 1. The Morgan fingerprint density at radius 1 is 1.20 bits per heavy atom. The van der Waals surface area contributed by atoms with Gasteiger partial charge in [0.05, 0.1) is 0 Å². The van der Waals surface area contributed by atoms with Gasteiger partial charge in [0.25, 0.3) is 0 Å². The normalized spacial score (nSPS) is 12.6. The molecule has 1 nitrogen and oxygen atoms in total. The van der Waals surface area contributed by atoms with Gasteiger partial charge >= 0.3 is 0 Å². The van der Waals surface area contributed by atoms with Gasteiger partial charge < -0.3 is 5.73 Å². The van der Waals surface area contributed by atoms with Crippen molar-refractivity contribution in [2.24, 2.45) is 23.0 Å². The van der Waals surface area contributed by atoms with E-state index in [0.29, 0.717) is 11.3 Å². The van der Waals surface area contributed by atoms with Crippen molar-refractivity contribution in [1.29, 1.82) is 0 Å². The monoisotopic (exact) mass is 351 g/mol. The second-order valence-corrected chi connectivity index (χ2v) is 7.22. The number of rotatable bonds is 6. The Bertz CT molecular complexity index is 463. The first-order valence-electron chi connectivity index (χ1n) is 9.70. The molecule has 1 atom stereocenters. The lowest BCUT2D eigenvalue weighted by Gasteiger charge is -2.39. The van der Waals surface area contributed by atoms with Crippen molar-refractivity contribution in [1.82, 2.24) is 0 Å². The van der Waals surface area contributed by atoms with Crippen LogP contribution in [0.1, 0.15) is 72.4 Å². The lowest BCUT2D eigenvalue weighted by atomic mass is 9.67. The molecule has 0 aliphatic carbocycles. The van der Waals surface area contributed by atoms with Crippen molar-refractivity contribution >= 4 is 0 Å². The van der Waals surface area contributed by atoms with Gasteiger partial charge in [-0.25, -0.2) is 4.39 Å². The first kappa shape index (κ1) is 26.1. The number of aryl methyl sites for hydroxylation is 2. The zero-order valence-electron chi connectivity index (χ0n) is 18.0. The van der Waals surface area contributed by atoms with Crippen LogP contribution in [-0.2, 0) is 6.42 Å². The maximum Gasteiger partial charge on any atom is 0.126 e. The van der Waals surface area contributed by atoms with Crippen LogP contribution in [0.4, 0.5) is 4.39 Å². The van der Waals surface area contributed by atoms with E-state index in [4.69, 9.17) is 5.73 Å². The highest BCUT2D eigenvalue weighted by Gasteiger charge is 2.33. The zero-order valence-corrected chi connectivity index (χ0v) is 18.0. The maximum absolute atomic E-state index is 12.8. The topological polar surface area (TPSA) is 26.0 Å². The van der Waals surface area contributed by atoms with E-state index in [1.807, 2.05) is 26.0 Å². The summed E-state index contributed by atoms with van der Waals surface area (Å²) in [6.07, 6.45) is 5.15. The fourth-order valence-corrected chi connectivity index (χ4v) is 2.95. The molecule has 0 fully saturated rings. The molecule has 1 unspecified atom stereocenters. The number of hydrogen-bond acceptors (Lipinski definition) is 1. The van der Waals surface area contributed by atoms with Crippen molar-refractivity contribution < 1.29 is 4.39 Å². The van der Waals surface area contributed by atoms with Gasteiger partial charge in [0.1, 0.15) is 5.82 Å². The lowest BCUT2D eigenvalue weighted by molar-refractivity contribution is 0.115. The Morgan fingerprint density at radius 3 is 1.92 bits per heavy atom. The number of nitrogens with two attached hydrogens (primary N) is 1. The minimum Gasteiger partial charge on any atom is -0.330 e. The second kappa shape index (κ2) is 14.1. The first-order valence-corrected chi connectivity index (χ1v) is 9.70. The summed E-state index contributed by atoms with van der Waals surface area (Å²) < 4.78 is 12.8. The van der Waals surface area contributed by atoms with Crippen LogP contribution < -0.4 is 5.73 Å². The summed E-state index contributed by atoms with van der Waals surface area (Å²) >= 11 is 0. The van der Waals surface area contributed by atoms with E-state index in [0.717, 1.165) is 30.0 Å².